The first-order chi connectivity index (χ1) is 18.3. The summed E-state index contributed by atoms with van der Waals surface area (Å²) in [5, 5.41) is 8.83. The van der Waals surface area contributed by atoms with E-state index in [1.54, 1.807) is 6.07 Å². The Bertz CT molecular complexity index is 1510. The monoisotopic (exact) mass is 564 g/mol. The number of hydrogen-bond donors (Lipinski definition) is 3. The minimum absolute atomic E-state index is 0.0413. The average Bonchev–Trinajstić information content (AvgIpc) is 3.29. The zero-order valence-corrected chi connectivity index (χ0v) is 21.4. The van der Waals surface area contributed by atoms with Crippen LogP contribution in [0.25, 0.3) is 0 Å². The molecule has 5 rings (SSSR count). The first kappa shape index (κ1) is 26.7. The lowest BCUT2D eigenvalue weighted by Gasteiger charge is -2.35. The van der Waals surface area contributed by atoms with Crippen LogP contribution in [0.3, 0.4) is 0 Å². The molecular weight excluding hydrogens is 543 g/mol. The third kappa shape index (κ3) is 4.98. The second kappa shape index (κ2) is 9.71. The highest BCUT2D eigenvalue weighted by atomic mass is 35.5. The summed E-state index contributed by atoms with van der Waals surface area (Å²) in [5.74, 6) is -2.83. The number of nitrogens with one attached hydrogen (secondary N) is 3. The molecule has 0 saturated heterocycles. The third-order valence-electron chi connectivity index (χ3n) is 6.55. The van der Waals surface area contributed by atoms with E-state index in [9.17, 15) is 31.5 Å². The van der Waals surface area contributed by atoms with Crippen molar-refractivity contribution in [3.05, 3.63) is 86.9 Å². The van der Waals surface area contributed by atoms with Crippen LogP contribution in [0.5, 0.6) is 0 Å². The van der Waals surface area contributed by atoms with Gasteiger partial charge in [0.05, 0.1) is 23.0 Å². The standard InChI is InChI=1S/C27H22ClF5N4O2/c1-12(2)34-20-11-21(35-25(38)13-7-14(27(31,32)33)9-16(30)8-13)22-23(18-10-15(29)3-4-19(18)28)36-26(39)37-6-5-17(20)24(22)37/h3-4,7-12,23,34H,5-6H2,1-2H3,(H,35,38)(H,36,39). The van der Waals surface area contributed by atoms with Gasteiger partial charge in [-0.25, -0.2) is 13.6 Å². The summed E-state index contributed by atoms with van der Waals surface area (Å²) in [6.45, 7) is 4.12. The first-order valence-corrected chi connectivity index (χ1v) is 12.4. The Kier molecular flexibility index (Phi) is 6.66. The molecule has 3 aromatic carbocycles. The Morgan fingerprint density at radius 1 is 1.08 bits per heavy atom. The number of nitrogens with zero attached hydrogens (tertiary/aromatic N) is 1. The van der Waals surface area contributed by atoms with Gasteiger partial charge in [0.2, 0.25) is 0 Å². The van der Waals surface area contributed by atoms with Crippen LogP contribution in [0.1, 0.15) is 52.5 Å². The molecule has 6 nitrogen and oxygen atoms in total. The Balaban J connectivity index is 1.69. The molecule has 3 aromatic rings. The number of rotatable bonds is 5. The molecule has 0 spiro atoms. The second-order valence-corrected chi connectivity index (χ2v) is 10.0. The van der Waals surface area contributed by atoms with Gasteiger partial charge in [-0.15, -0.1) is 0 Å². The predicted octanol–water partition coefficient (Wildman–Crippen LogP) is 6.88. The smallest absolute Gasteiger partial charge is 0.383 e. The summed E-state index contributed by atoms with van der Waals surface area (Å²) in [6.07, 6.45) is -4.38. The van der Waals surface area contributed by atoms with Crippen LogP contribution < -0.4 is 20.9 Å². The normalized spacial score (nSPS) is 16.3. The van der Waals surface area contributed by atoms with Crippen molar-refractivity contribution in [2.75, 3.05) is 22.1 Å². The Morgan fingerprint density at radius 2 is 1.82 bits per heavy atom. The highest BCUT2D eigenvalue weighted by Crippen LogP contribution is 2.49. The minimum Gasteiger partial charge on any atom is -0.383 e. The average molecular weight is 565 g/mol. The van der Waals surface area contributed by atoms with Crippen LogP contribution in [0.4, 0.5) is 43.8 Å². The molecular formula is C27H22ClF5N4O2. The molecule has 39 heavy (non-hydrogen) atoms. The van der Waals surface area contributed by atoms with Crippen molar-refractivity contribution in [3.63, 3.8) is 0 Å². The zero-order chi connectivity index (χ0) is 28.2. The molecule has 1 unspecified atom stereocenters. The Morgan fingerprint density at radius 3 is 2.51 bits per heavy atom. The van der Waals surface area contributed by atoms with Gasteiger partial charge in [0.1, 0.15) is 11.6 Å². The summed E-state index contributed by atoms with van der Waals surface area (Å²) < 4.78 is 68.2. The van der Waals surface area contributed by atoms with Crippen molar-refractivity contribution >= 4 is 40.6 Å². The molecule has 0 bridgehead atoms. The largest absolute Gasteiger partial charge is 0.416 e. The molecule has 204 valence electrons. The van der Waals surface area contributed by atoms with Crippen molar-refractivity contribution in [1.29, 1.82) is 0 Å². The van der Waals surface area contributed by atoms with E-state index in [-0.39, 0.29) is 22.3 Å². The first-order valence-electron chi connectivity index (χ1n) is 12.0. The molecule has 0 radical (unpaired) electrons. The van der Waals surface area contributed by atoms with E-state index in [4.69, 9.17) is 11.6 Å². The van der Waals surface area contributed by atoms with E-state index in [2.05, 4.69) is 16.0 Å². The number of anilines is 3. The van der Waals surface area contributed by atoms with Crippen molar-refractivity contribution in [3.8, 4) is 0 Å². The number of urea groups is 1. The molecule has 0 saturated carbocycles. The van der Waals surface area contributed by atoms with Gasteiger partial charge < -0.3 is 16.0 Å². The molecule has 2 aliphatic rings. The quantitative estimate of drug-likeness (QED) is 0.296. The fourth-order valence-electron chi connectivity index (χ4n) is 4.98. The molecule has 1 atom stereocenters. The van der Waals surface area contributed by atoms with Gasteiger partial charge in [0, 0.05) is 45.6 Å². The van der Waals surface area contributed by atoms with Gasteiger partial charge >= 0.3 is 12.2 Å². The van der Waals surface area contributed by atoms with Crippen molar-refractivity contribution < 1.29 is 31.5 Å². The minimum atomic E-state index is -4.87. The summed E-state index contributed by atoms with van der Waals surface area (Å²) >= 11 is 6.39. The lowest BCUT2D eigenvalue weighted by Crippen LogP contribution is -2.46. The highest BCUT2D eigenvalue weighted by Gasteiger charge is 2.41. The summed E-state index contributed by atoms with van der Waals surface area (Å²) in [7, 11) is 0. The maximum atomic E-state index is 14.3. The fraction of sp³-hybridized carbons (Fsp3) is 0.259. The molecule has 3 N–H and O–H groups in total. The molecule has 3 amide bonds. The number of benzene rings is 3. The van der Waals surface area contributed by atoms with Crippen molar-refractivity contribution in [1.82, 2.24) is 5.32 Å². The van der Waals surface area contributed by atoms with Gasteiger partial charge in [0.15, 0.2) is 0 Å². The van der Waals surface area contributed by atoms with Gasteiger partial charge in [-0.1, -0.05) is 11.6 Å². The van der Waals surface area contributed by atoms with Gasteiger partial charge in [-0.2, -0.15) is 13.2 Å². The predicted molar refractivity (Wildman–Crippen MR) is 137 cm³/mol. The number of carbonyl (C=O) groups excluding carboxylic acids is 2. The van der Waals surface area contributed by atoms with E-state index < -0.39 is 46.9 Å². The van der Waals surface area contributed by atoms with Gasteiger partial charge in [-0.05, 0) is 62.7 Å². The molecule has 12 heteroatoms. The van der Waals surface area contributed by atoms with E-state index >= 15 is 0 Å². The van der Waals surface area contributed by atoms with Gasteiger partial charge in [-0.3, -0.25) is 9.69 Å². The van der Waals surface area contributed by atoms with Gasteiger partial charge in [0.25, 0.3) is 5.91 Å². The molecule has 0 aliphatic carbocycles. The zero-order valence-electron chi connectivity index (χ0n) is 20.6. The second-order valence-electron chi connectivity index (χ2n) is 9.64. The van der Waals surface area contributed by atoms with E-state index in [1.807, 2.05) is 13.8 Å². The van der Waals surface area contributed by atoms with E-state index in [0.717, 1.165) is 11.6 Å². The molecule has 2 heterocycles. The van der Waals surface area contributed by atoms with Crippen LogP contribution in [-0.2, 0) is 12.6 Å². The topological polar surface area (TPSA) is 73.5 Å². The number of hydrogen-bond acceptors (Lipinski definition) is 3. The van der Waals surface area contributed by atoms with Crippen molar-refractivity contribution in [2.45, 2.75) is 38.5 Å². The number of carbonyl (C=O) groups is 2. The van der Waals surface area contributed by atoms with E-state index in [0.29, 0.717) is 48.1 Å². The molecule has 2 aliphatic heterocycles. The van der Waals surface area contributed by atoms with Crippen LogP contribution >= 0.6 is 11.6 Å². The van der Waals surface area contributed by atoms with Crippen LogP contribution in [-0.4, -0.2) is 24.5 Å². The number of alkyl halides is 3. The number of halogens is 6. The Labute approximate surface area is 225 Å². The van der Waals surface area contributed by atoms with E-state index in [1.165, 1.54) is 17.0 Å². The summed E-state index contributed by atoms with van der Waals surface area (Å²) in [5.41, 5.74) is 0.758. The lowest BCUT2D eigenvalue weighted by molar-refractivity contribution is -0.137. The SMILES string of the molecule is CC(C)Nc1cc(NC(=O)c2cc(F)cc(C(F)(F)F)c2)c2c3c1CCN3C(=O)NC2c1cc(F)ccc1Cl. The van der Waals surface area contributed by atoms with Crippen LogP contribution in [0, 0.1) is 11.6 Å². The Hall–Kier alpha value is -3.86. The summed E-state index contributed by atoms with van der Waals surface area (Å²) in [6, 6.07) is 5.34. The van der Waals surface area contributed by atoms with Crippen molar-refractivity contribution in [2.24, 2.45) is 0 Å². The fourth-order valence-corrected chi connectivity index (χ4v) is 5.21. The third-order valence-corrected chi connectivity index (χ3v) is 6.89. The lowest BCUT2D eigenvalue weighted by atomic mass is 9.90. The van der Waals surface area contributed by atoms with Crippen LogP contribution in [0.15, 0.2) is 42.5 Å². The molecule has 0 aromatic heterocycles. The molecule has 0 fully saturated rings. The maximum Gasteiger partial charge on any atom is 0.416 e. The summed E-state index contributed by atoms with van der Waals surface area (Å²) in [4.78, 5) is 27.8. The highest BCUT2D eigenvalue weighted by molar-refractivity contribution is 6.31. The number of amides is 3. The maximum absolute atomic E-state index is 14.3. The van der Waals surface area contributed by atoms with Crippen LogP contribution in [0.2, 0.25) is 5.02 Å².